The molecule has 5 heteroatoms. The first-order chi connectivity index (χ1) is 8.15. The lowest BCUT2D eigenvalue weighted by molar-refractivity contribution is 0.474. The maximum absolute atomic E-state index is 9.32. The van der Waals surface area contributed by atoms with Crippen LogP contribution in [0.1, 0.15) is 11.1 Å². The predicted molar refractivity (Wildman–Crippen MR) is 67.2 cm³/mol. The van der Waals surface area contributed by atoms with Crippen molar-refractivity contribution in [1.82, 2.24) is 10.2 Å². The summed E-state index contributed by atoms with van der Waals surface area (Å²) in [6.45, 7) is 2.45. The smallest absolute Gasteiger partial charge is 0.154 e. The third kappa shape index (κ3) is 3.07. The molecule has 2 rings (SSSR count). The van der Waals surface area contributed by atoms with Gasteiger partial charge < -0.3 is 10.4 Å². The lowest BCUT2D eigenvalue weighted by atomic mass is 10.2. The van der Waals surface area contributed by atoms with Crippen LogP contribution >= 0.6 is 11.6 Å². The van der Waals surface area contributed by atoms with E-state index >= 15 is 0 Å². The molecule has 1 heterocycles. The van der Waals surface area contributed by atoms with Crippen LogP contribution in [0.3, 0.4) is 0 Å². The predicted octanol–water partition coefficient (Wildman–Crippen LogP) is 2.76. The Morgan fingerprint density at radius 1 is 1.29 bits per heavy atom. The number of hydrogen-bond acceptors (Lipinski definition) is 4. The SMILES string of the molecule is Cc1cc(NCc2cccc(O)c2)nnc1Cl. The van der Waals surface area contributed by atoms with Crippen LogP contribution in [0.15, 0.2) is 30.3 Å². The van der Waals surface area contributed by atoms with Gasteiger partial charge in [0, 0.05) is 6.54 Å². The number of aromatic nitrogens is 2. The molecule has 2 N–H and O–H groups in total. The molecule has 0 saturated carbocycles. The Hall–Kier alpha value is -1.81. The van der Waals surface area contributed by atoms with Crippen LogP contribution in [0.4, 0.5) is 5.82 Å². The minimum atomic E-state index is 0.252. The number of aromatic hydroxyl groups is 1. The van der Waals surface area contributed by atoms with Crippen LogP contribution in [-0.4, -0.2) is 15.3 Å². The zero-order valence-electron chi connectivity index (χ0n) is 9.31. The molecule has 0 fully saturated rings. The number of phenols is 1. The Kier molecular flexibility index (Phi) is 3.44. The van der Waals surface area contributed by atoms with Gasteiger partial charge in [0.25, 0.3) is 0 Å². The first-order valence-corrected chi connectivity index (χ1v) is 5.54. The van der Waals surface area contributed by atoms with Crippen LogP contribution in [0.25, 0.3) is 0 Å². The molecular formula is C12H12ClN3O. The molecule has 0 saturated heterocycles. The van der Waals surface area contributed by atoms with Gasteiger partial charge in [-0.1, -0.05) is 23.7 Å². The van der Waals surface area contributed by atoms with Gasteiger partial charge in [0.05, 0.1) is 0 Å². The second-order valence-corrected chi connectivity index (χ2v) is 4.08. The van der Waals surface area contributed by atoms with E-state index < -0.39 is 0 Å². The molecule has 1 aromatic carbocycles. The van der Waals surface area contributed by atoms with Crippen molar-refractivity contribution < 1.29 is 5.11 Å². The Morgan fingerprint density at radius 3 is 2.82 bits per heavy atom. The van der Waals surface area contributed by atoms with Crippen LogP contribution in [-0.2, 0) is 6.54 Å². The fourth-order valence-corrected chi connectivity index (χ4v) is 1.51. The van der Waals surface area contributed by atoms with Crippen molar-refractivity contribution >= 4 is 17.4 Å². The fraction of sp³-hybridized carbons (Fsp3) is 0.167. The van der Waals surface area contributed by atoms with E-state index in [2.05, 4.69) is 15.5 Å². The van der Waals surface area contributed by atoms with E-state index in [-0.39, 0.29) is 5.75 Å². The number of benzene rings is 1. The Labute approximate surface area is 104 Å². The molecule has 0 aliphatic carbocycles. The minimum Gasteiger partial charge on any atom is -0.508 e. The van der Waals surface area contributed by atoms with Crippen molar-refractivity contribution in [3.05, 3.63) is 46.6 Å². The maximum Gasteiger partial charge on any atom is 0.154 e. The first-order valence-electron chi connectivity index (χ1n) is 5.17. The Morgan fingerprint density at radius 2 is 2.12 bits per heavy atom. The molecule has 0 unspecified atom stereocenters. The van der Waals surface area contributed by atoms with Crippen molar-refractivity contribution in [1.29, 1.82) is 0 Å². The average molecular weight is 250 g/mol. The molecule has 4 nitrogen and oxygen atoms in total. The van der Waals surface area contributed by atoms with E-state index in [0.29, 0.717) is 17.5 Å². The van der Waals surface area contributed by atoms with Gasteiger partial charge in [-0.3, -0.25) is 0 Å². The molecular weight excluding hydrogens is 238 g/mol. The van der Waals surface area contributed by atoms with Crippen LogP contribution in [0, 0.1) is 6.92 Å². The van der Waals surface area contributed by atoms with E-state index in [0.717, 1.165) is 11.1 Å². The molecule has 17 heavy (non-hydrogen) atoms. The van der Waals surface area contributed by atoms with Gasteiger partial charge in [0.15, 0.2) is 5.15 Å². The third-order valence-electron chi connectivity index (χ3n) is 2.31. The maximum atomic E-state index is 9.32. The molecule has 1 aromatic heterocycles. The average Bonchev–Trinajstić information content (AvgIpc) is 2.31. The number of rotatable bonds is 3. The summed E-state index contributed by atoms with van der Waals surface area (Å²) < 4.78 is 0. The van der Waals surface area contributed by atoms with E-state index in [9.17, 15) is 5.11 Å². The van der Waals surface area contributed by atoms with Gasteiger partial charge in [0.1, 0.15) is 11.6 Å². The van der Waals surface area contributed by atoms with E-state index in [1.54, 1.807) is 18.2 Å². The second-order valence-electron chi connectivity index (χ2n) is 3.73. The highest BCUT2D eigenvalue weighted by atomic mass is 35.5. The number of nitrogens with one attached hydrogen (secondary N) is 1. The third-order valence-corrected chi connectivity index (χ3v) is 2.68. The van der Waals surface area contributed by atoms with Crippen LogP contribution in [0.5, 0.6) is 5.75 Å². The van der Waals surface area contributed by atoms with Gasteiger partial charge in [-0.05, 0) is 36.2 Å². The Bertz CT molecular complexity index is 531. The summed E-state index contributed by atoms with van der Waals surface area (Å²) in [5.74, 6) is 0.915. The zero-order valence-corrected chi connectivity index (χ0v) is 10.1. The minimum absolute atomic E-state index is 0.252. The van der Waals surface area contributed by atoms with E-state index in [1.165, 1.54) is 0 Å². The Balaban J connectivity index is 2.05. The normalized spacial score (nSPS) is 10.2. The van der Waals surface area contributed by atoms with Crippen molar-refractivity contribution in [2.75, 3.05) is 5.32 Å². The van der Waals surface area contributed by atoms with Gasteiger partial charge in [-0.2, -0.15) is 0 Å². The molecule has 0 bridgehead atoms. The fourth-order valence-electron chi connectivity index (χ4n) is 1.42. The second kappa shape index (κ2) is 5.01. The summed E-state index contributed by atoms with van der Waals surface area (Å²) in [7, 11) is 0. The van der Waals surface area contributed by atoms with E-state index in [1.807, 2.05) is 19.1 Å². The van der Waals surface area contributed by atoms with Gasteiger partial charge in [-0.25, -0.2) is 0 Å². The number of phenolic OH excluding ortho intramolecular Hbond substituents is 1. The molecule has 0 aliphatic heterocycles. The zero-order chi connectivity index (χ0) is 12.3. The highest BCUT2D eigenvalue weighted by Crippen LogP contribution is 2.15. The molecule has 2 aromatic rings. The van der Waals surface area contributed by atoms with Gasteiger partial charge >= 0.3 is 0 Å². The van der Waals surface area contributed by atoms with Crippen molar-refractivity contribution in [2.24, 2.45) is 0 Å². The highest BCUT2D eigenvalue weighted by Gasteiger charge is 2.01. The molecule has 0 aliphatic rings. The van der Waals surface area contributed by atoms with Crippen molar-refractivity contribution in [3.8, 4) is 5.75 Å². The monoisotopic (exact) mass is 249 g/mol. The summed E-state index contributed by atoms with van der Waals surface area (Å²) >= 11 is 5.78. The molecule has 0 radical (unpaired) electrons. The number of nitrogens with zero attached hydrogens (tertiary/aromatic N) is 2. The summed E-state index contributed by atoms with van der Waals surface area (Å²) in [5, 5.41) is 20.6. The number of anilines is 1. The first kappa shape index (κ1) is 11.7. The highest BCUT2D eigenvalue weighted by molar-refractivity contribution is 6.30. The number of hydrogen-bond donors (Lipinski definition) is 2. The largest absolute Gasteiger partial charge is 0.508 e. The van der Waals surface area contributed by atoms with Crippen molar-refractivity contribution in [3.63, 3.8) is 0 Å². The summed E-state index contributed by atoms with van der Waals surface area (Å²) in [6, 6.07) is 8.88. The van der Waals surface area contributed by atoms with E-state index in [4.69, 9.17) is 11.6 Å². The van der Waals surface area contributed by atoms with Gasteiger partial charge in [0.2, 0.25) is 0 Å². The van der Waals surface area contributed by atoms with Crippen LogP contribution in [0.2, 0.25) is 5.15 Å². The quantitative estimate of drug-likeness (QED) is 0.878. The molecule has 0 atom stereocenters. The van der Waals surface area contributed by atoms with Crippen molar-refractivity contribution in [2.45, 2.75) is 13.5 Å². The van der Waals surface area contributed by atoms with Crippen LogP contribution < -0.4 is 5.32 Å². The summed E-state index contributed by atoms with van der Waals surface area (Å²) in [5.41, 5.74) is 1.85. The molecule has 0 spiro atoms. The number of aryl methyl sites for hydroxylation is 1. The topological polar surface area (TPSA) is 58.0 Å². The van der Waals surface area contributed by atoms with Gasteiger partial charge in [-0.15, -0.1) is 10.2 Å². The lowest BCUT2D eigenvalue weighted by Gasteiger charge is -2.06. The standard InChI is InChI=1S/C12H12ClN3O/c1-8-5-11(15-16-12(8)13)14-7-9-3-2-4-10(17)6-9/h2-6,17H,7H2,1H3,(H,14,15). The summed E-state index contributed by atoms with van der Waals surface area (Å²) in [6.07, 6.45) is 0. The summed E-state index contributed by atoms with van der Waals surface area (Å²) in [4.78, 5) is 0. The molecule has 0 amide bonds. The number of halogens is 1. The lowest BCUT2D eigenvalue weighted by Crippen LogP contribution is -2.02. The molecule has 88 valence electrons.